The number of pyridine rings is 1. The topological polar surface area (TPSA) is 38.9 Å². The van der Waals surface area contributed by atoms with Crippen LogP contribution in [-0.2, 0) is 0 Å². The van der Waals surface area contributed by atoms with Gasteiger partial charge in [0.15, 0.2) is 10.7 Å². The van der Waals surface area contributed by atoms with Crippen molar-refractivity contribution in [1.29, 1.82) is 0 Å². The van der Waals surface area contributed by atoms with Crippen molar-refractivity contribution < 1.29 is 4.52 Å². The normalized spacial score (nSPS) is 11.3. The van der Waals surface area contributed by atoms with Crippen molar-refractivity contribution in [2.45, 2.75) is 0 Å². The van der Waals surface area contributed by atoms with E-state index in [1.54, 1.807) is 18.4 Å². The summed E-state index contributed by atoms with van der Waals surface area (Å²) < 4.78 is 4.88. The van der Waals surface area contributed by atoms with E-state index in [1.807, 2.05) is 6.07 Å². The Balaban J connectivity index is 2.60. The second-order valence-electron chi connectivity index (χ2n) is 3.14. The SMILES string of the molecule is Clc1ccc2c(c1)nc(Cl)c1nocc12. The number of hydrogen-bond donors (Lipinski definition) is 0. The summed E-state index contributed by atoms with van der Waals surface area (Å²) in [6, 6.07) is 5.43. The molecule has 15 heavy (non-hydrogen) atoms. The number of benzene rings is 1. The molecule has 0 aliphatic heterocycles. The van der Waals surface area contributed by atoms with Crippen LogP contribution in [0.25, 0.3) is 21.8 Å². The van der Waals surface area contributed by atoms with Crippen LogP contribution < -0.4 is 0 Å². The smallest absolute Gasteiger partial charge is 0.159 e. The molecule has 0 N–H and O–H groups in total. The van der Waals surface area contributed by atoms with Crippen molar-refractivity contribution >= 4 is 45.0 Å². The average Bonchev–Trinajstić information content (AvgIpc) is 2.66. The molecule has 3 rings (SSSR count). The lowest BCUT2D eigenvalue weighted by atomic mass is 10.1. The van der Waals surface area contributed by atoms with Gasteiger partial charge in [0, 0.05) is 10.4 Å². The lowest BCUT2D eigenvalue weighted by Gasteiger charge is -1.99. The Bertz CT molecular complexity index is 663. The third-order valence-corrected chi connectivity index (χ3v) is 2.73. The maximum atomic E-state index is 5.95. The van der Waals surface area contributed by atoms with Gasteiger partial charge in [-0.05, 0) is 12.1 Å². The molecular weight excluding hydrogens is 235 g/mol. The van der Waals surface area contributed by atoms with Crippen molar-refractivity contribution in [2.24, 2.45) is 0 Å². The number of hydrogen-bond acceptors (Lipinski definition) is 3. The summed E-state index contributed by atoms with van der Waals surface area (Å²) in [6.07, 6.45) is 1.55. The molecular formula is C10H4Cl2N2O. The maximum absolute atomic E-state index is 5.95. The first kappa shape index (κ1) is 8.95. The fourth-order valence-corrected chi connectivity index (χ4v) is 1.95. The first-order valence-corrected chi connectivity index (χ1v) is 5.00. The van der Waals surface area contributed by atoms with Gasteiger partial charge in [0.05, 0.1) is 10.9 Å². The quantitative estimate of drug-likeness (QED) is 0.561. The molecule has 0 amide bonds. The van der Waals surface area contributed by atoms with E-state index in [9.17, 15) is 0 Å². The summed E-state index contributed by atoms with van der Waals surface area (Å²) in [4.78, 5) is 4.20. The highest BCUT2D eigenvalue weighted by molar-refractivity contribution is 6.35. The van der Waals surface area contributed by atoms with E-state index in [2.05, 4.69) is 10.1 Å². The molecule has 0 fully saturated rings. The van der Waals surface area contributed by atoms with E-state index in [1.165, 1.54) is 0 Å². The van der Waals surface area contributed by atoms with Crippen LogP contribution in [0.5, 0.6) is 0 Å². The van der Waals surface area contributed by atoms with Crippen LogP contribution >= 0.6 is 23.2 Å². The molecule has 0 spiro atoms. The van der Waals surface area contributed by atoms with Gasteiger partial charge in [-0.25, -0.2) is 4.98 Å². The second kappa shape index (κ2) is 3.08. The minimum atomic E-state index is 0.327. The van der Waals surface area contributed by atoms with Gasteiger partial charge in [0.2, 0.25) is 0 Å². The van der Waals surface area contributed by atoms with Crippen LogP contribution in [0.1, 0.15) is 0 Å². The highest BCUT2D eigenvalue weighted by Gasteiger charge is 2.10. The molecule has 2 heterocycles. The van der Waals surface area contributed by atoms with Crippen LogP contribution in [-0.4, -0.2) is 10.1 Å². The molecule has 0 saturated heterocycles. The zero-order chi connectivity index (χ0) is 10.4. The first-order chi connectivity index (χ1) is 7.25. The molecule has 0 unspecified atom stereocenters. The van der Waals surface area contributed by atoms with Crippen molar-refractivity contribution in [3.63, 3.8) is 0 Å². The Morgan fingerprint density at radius 3 is 2.87 bits per heavy atom. The van der Waals surface area contributed by atoms with Crippen molar-refractivity contribution in [2.75, 3.05) is 0 Å². The van der Waals surface area contributed by atoms with Gasteiger partial charge in [0.25, 0.3) is 0 Å². The molecule has 0 aliphatic rings. The Kier molecular flexibility index (Phi) is 1.84. The molecule has 74 valence electrons. The number of nitrogens with zero attached hydrogens (tertiary/aromatic N) is 2. The van der Waals surface area contributed by atoms with Gasteiger partial charge in [-0.1, -0.05) is 34.4 Å². The lowest BCUT2D eigenvalue weighted by Crippen LogP contribution is -1.82. The molecule has 0 saturated carbocycles. The van der Waals surface area contributed by atoms with Crippen LogP contribution in [0.3, 0.4) is 0 Å². The molecule has 1 aromatic carbocycles. The summed E-state index contributed by atoms with van der Waals surface area (Å²) in [5.74, 6) is 0. The number of aromatic nitrogens is 2. The molecule has 0 bridgehead atoms. The van der Waals surface area contributed by atoms with E-state index in [-0.39, 0.29) is 0 Å². The van der Waals surface area contributed by atoms with Gasteiger partial charge >= 0.3 is 0 Å². The fraction of sp³-hybridized carbons (Fsp3) is 0. The Morgan fingerprint density at radius 1 is 1.13 bits per heavy atom. The summed E-state index contributed by atoms with van der Waals surface area (Å²) in [6.45, 7) is 0. The van der Waals surface area contributed by atoms with Crippen LogP contribution in [0, 0.1) is 0 Å². The number of fused-ring (bicyclic) bond motifs is 3. The van der Waals surface area contributed by atoms with Gasteiger partial charge in [-0.2, -0.15) is 0 Å². The third-order valence-electron chi connectivity index (χ3n) is 2.23. The molecule has 2 aromatic heterocycles. The van der Waals surface area contributed by atoms with E-state index >= 15 is 0 Å². The molecule has 5 heteroatoms. The van der Waals surface area contributed by atoms with E-state index in [4.69, 9.17) is 27.7 Å². The Morgan fingerprint density at radius 2 is 2.00 bits per heavy atom. The van der Waals surface area contributed by atoms with E-state index in [0.29, 0.717) is 15.7 Å². The maximum Gasteiger partial charge on any atom is 0.159 e. The van der Waals surface area contributed by atoms with Gasteiger partial charge in [0.1, 0.15) is 6.26 Å². The highest BCUT2D eigenvalue weighted by Crippen LogP contribution is 2.29. The highest BCUT2D eigenvalue weighted by atomic mass is 35.5. The monoisotopic (exact) mass is 238 g/mol. The fourth-order valence-electron chi connectivity index (χ4n) is 1.56. The van der Waals surface area contributed by atoms with Gasteiger partial charge in [-0.3, -0.25) is 0 Å². The van der Waals surface area contributed by atoms with Crippen LogP contribution in [0.15, 0.2) is 29.0 Å². The summed E-state index contributed by atoms with van der Waals surface area (Å²) in [7, 11) is 0. The Hall–Kier alpha value is -1.32. The largest absolute Gasteiger partial charge is 0.363 e. The van der Waals surface area contributed by atoms with Crippen LogP contribution in [0.4, 0.5) is 0 Å². The standard InChI is InChI=1S/C10H4Cl2N2O/c11-5-1-2-6-7-4-15-14-9(7)10(12)13-8(6)3-5/h1-4H. The number of halogens is 2. The zero-order valence-corrected chi connectivity index (χ0v) is 8.88. The summed E-state index contributed by atoms with van der Waals surface area (Å²) in [5.41, 5.74) is 1.31. The molecule has 3 aromatic rings. The molecule has 3 nitrogen and oxygen atoms in total. The predicted octanol–water partition coefficient (Wildman–Crippen LogP) is 3.68. The lowest BCUT2D eigenvalue weighted by molar-refractivity contribution is 0.428. The van der Waals surface area contributed by atoms with Gasteiger partial charge in [-0.15, -0.1) is 0 Å². The average molecular weight is 239 g/mol. The first-order valence-electron chi connectivity index (χ1n) is 4.24. The van der Waals surface area contributed by atoms with Gasteiger partial charge < -0.3 is 4.52 Å². The van der Waals surface area contributed by atoms with Crippen molar-refractivity contribution in [1.82, 2.24) is 10.1 Å². The molecule has 0 atom stereocenters. The third kappa shape index (κ3) is 1.28. The minimum absolute atomic E-state index is 0.327. The minimum Gasteiger partial charge on any atom is -0.363 e. The van der Waals surface area contributed by atoms with Crippen molar-refractivity contribution in [3.05, 3.63) is 34.6 Å². The van der Waals surface area contributed by atoms with E-state index < -0.39 is 0 Å². The Labute approximate surface area is 94.6 Å². The van der Waals surface area contributed by atoms with Crippen molar-refractivity contribution in [3.8, 4) is 0 Å². The number of rotatable bonds is 0. The molecule has 0 aliphatic carbocycles. The zero-order valence-electron chi connectivity index (χ0n) is 7.37. The predicted molar refractivity (Wildman–Crippen MR) is 59.3 cm³/mol. The van der Waals surface area contributed by atoms with E-state index in [0.717, 1.165) is 16.3 Å². The van der Waals surface area contributed by atoms with Crippen LogP contribution in [0.2, 0.25) is 10.2 Å². The summed E-state index contributed by atoms with van der Waals surface area (Å²) >= 11 is 11.8. The summed E-state index contributed by atoms with van der Waals surface area (Å²) in [5, 5.41) is 6.52. The second-order valence-corrected chi connectivity index (χ2v) is 3.94. The molecule has 0 radical (unpaired) electrons.